The van der Waals surface area contributed by atoms with Crippen molar-refractivity contribution in [3.05, 3.63) is 78.4 Å². The summed E-state index contributed by atoms with van der Waals surface area (Å²) in [6, 6.07) is 26.0. The van der Waals surface area contributed by atoms with Gasteiger partial charge in [-0.2, -0.15) is 5.26 Å². The maximum atomic E-state index is 11.3. The number of carbonyl (C=O) groups excluding carboxylic acids is 1. The van der Waals surface area contributed by atoms with Gasteiger partial charge >= 0.3 is 5.97 Å². The average molecular weight is 385 g/mol. The van der Waals surface area contributed by atoms with E-state index in [0.717, 1.165) is 28.0 Å². The standard InChI is InChI=1S/C25H23NO3/c1-2-28-25(27)4-3-17-29-24-15-13-23(14-16-24)22-11-9-21(10-12-22)20-7-5-19(18-26)6-8-20/h5-16H,2-4,17H2,1H3. The van der Waals surface area contributed by atoms with E-state index in [-0.39, 0.29) is 5.97 Å². The van der Waals surface area contributed by atoms with Crippen LogP contribution in [-0.4, -0.2) is 19.2 Å². The van der Waals surface area contributed by atoms with Crippen molar-refractivity contribution < 1.29 is 14.3 Å². The molecule has 0 aliphatic rings. The SMILES string of the molecule is CCOC(=O)CCCOc1ccc(-c2ccc(-c3ccc(C#N)cc3)cc2)cc1. The minimum Gasteiger partial charge on any atom is -0.494 e. The second kappa shape index (κ2) is 10.1. The van der Waals surface area contributed by atoms with Crippen LogP contribution in [0.3, 0.4) is 0 Å². The van der Waals surface area contributed by atoms with Gasteiger partial charge in [0.2, 0.25) is 0 Å². The lowest BCUT2D eigenvalue weighted by Gasteiger charge is -2.08. The van der Waals surface area contributed by atoms with Crippen molar-refractivity contribution in [2.45, 2.75) is 19.8 Å². The van der Waals surface area contributed by atoms with Crippen LogP contribution in [-0.2, 0) is 9.53 Å². The lowest BCUT2D eigenvalue weighted by molar-refractivity contribution is -0.143. The Kier molecular flexibility index (Phi) is 7.02. The molecular weight excluding hydrogens is 362 g/mol. The molecule has 0 aliphatic carbocycles. The van der Waals surface area contributed by atoms with Crippen molar-refractivity contribution >= 4 is 5.97 Å². The summed E-state index contributed by atoms with van der Waals surface area (Å²) in [4.78, 5) is 11.3. The Bertz CT molecular complexity index is 969. The quantitative estimate of drug-likeness (QED) is 0.373. The number of carbonyl (C=O) groups is 1. The van der Waals surface area contributed by atoms with Gasteiger partial charge in [0, 0.05) is 6.42 Å². The molecule has 0 atom stereocenters. The van der Waals surface area contributed by atoms with Crippen LogP contribution in [0.15, 0.2) is 72.8 Å². The third kappa shape index (κ3) is 5.70. The van der Waals surface area contributed by atoms with Gasteiger partial charge in [-0.05, 0) is 59.9 Å². The summed E-state index contributed by atoms with van der Waals surface area (Å²) < 4.78 is 10.6. The van der Waals surface area contributed by atoms with Crippen molar-refractivity contribution in [2.75, 3.05) is 13.2 Å². The summed E-state index contributed by atoms with van der Waals surface area (Å²) >= 11 is 0. The van der Waals surface area contributed by atoms with Crippen LogP contribution in [0.1, 0.15) is 25.3 Å². The van der Waals surface area contributed by atoms with Crippen LogP contribution in [0.25, 0.3) is 22.3 Å². The van der Waals surface area contributed by atoms with Crippen molar-refractivity contribution in [1.29, 1.82) is 5.26 Å². The fraction of sp³-hybridized carbons (Fsp3) is 0.200. The van der Waals surface area contributed by atoms with E-state index >= 15 is 0 Å². The highest BCUT2D eigenvalue weighted by atomic mass is 16.5. The van der Waals surface area contributed by atoms with E-state index in [9.17, 15) is 4.79 Å². The number of hydrogen-bond donors (Lipinski definition) is 0. The highest BCUT2D eigenvalue weighted by molar-refractivity contribution is 5.71. The Balaban J connectivity index is 1.57. The van der Waals surface area contributed by atoms with E-state index in [1.807, 2.05) is 48.5 Å². The predicted octanol–water partition coefficient (Wildman–Crippen LogP) is 5.61. The van der Waals surface area contributed by atoms with Gasteiger partial charge < -0.3 is 9.47 Å². The maximum Gasteiger partial charge on any atom is 0.305 e. The number of nitrogens with zero attached hydrogens (tertiary/aromatic N) is 1. The second-order valence-corrected chi connectivity index (χ2v) is 6.55. The first-order chi connectivity index (χ1) is 14.2. The van der Waals surface area contributed by atoms with Gasteiger partial charge in [0.1, 0.15) is 5.75 Å². The first kappa shape index (κ1) is 20.2. The Morgan fingerprint density at radius 1 is 0.828 bits per heavy atom. The Labute approximate surface area is 171 Å². The number of nitriles is 1. The van der Waals surface area contributed by atoms with Crippen molar-refractivity contribution in [2.24, 2.45) is 0 Å². The van der Waals surface area contributed by atoms with Gasteiger partial charge in [0.25, 0.3) is 0 Å². The fourth-order valence-corrected chi connectivity index (χ4v) is 2.98. The number of esters is 1. The van der Waals surface area contributed by atoms with Gasteiger partial charge in [-0.25, -0.2) is 0 Å². The lowest BCUT2D eigenvalue weighted by atomic mass is 10.00. The first-order valence-corrected chi connectivity index (χ1v) is 9.69. The van der Waals surface area contributed by atoms with Crippen LogP contribution >= 0.6 is 0 Å². The van der Waals surface area contributed by atoms with Gasteiger partial charge in [-0.3, -0.25) is 4.79 Å². The topological polar surface area (TPSA) is 59.3 Å². The van der Waals surface area contributed by atoms with Crippen molar-refractivity contribution in [3.8, 4) is 34.1 Å². The van der Waals surface area contributed by atoms with Crippen molar-refractivity contribution in [1.82, 2.24) is 0 Å². The smallest absolute Gasteiger partial charge is 0.305 e. The fourth-order valence-electron chi connectivity index (χ4n) is 2.98. The van der Waals surface area contributed by atoms with Crippen LogP contribution in [0.2, 0.25) is 0 Å². The minimum absolute atomic E-state index is 0.184. The number of hydrogen-bond acceptors (Lipinski definition) is 4. The molecule has 3 aromatic rings. The van der Waals surface area contributed by atoms with Gasteiger partial charge in [0.15, 0.2) is 0 Å². The van der Waals surface area contributed by atoms with E-state index in [0.29, 0.717) is 31.6 Å². The van der Waals surface area contributed by atoms with E-state index in [1.54, 1.807) is 6.92 Å². The second-order valence-electron chi connectivity index (χ2n) is 6.55. The molecule has 3 rings (SSSR count). The molecule has 4 heteroatoms. The summed E-state index contributed by atoms with van der Waals surface area (Å²) in [5, 5.41) is 8.91. The molecule has 3 aromatic carbocycles. The molecule has 0 fully saturated rings. The van der Waals surface area contributed by atoms with Crippen LogP contribution < -0.4 is 4.74 Å². The zero-order chi connectivity index (χ0) is 20.5. The normalized spacial score (nSPS) is 10.2. The summed E-state index contributed by atoms with van der Waals surface area (Å²) in [6.45, 7) is 2.70. The van der Waals surface area contributed by atoms with Crippen LogP contribution in [0, 0.1) is 11.3 Å². The maximum absolute atomic E-state index is 11.3. The number of rotatable bonds is 8. The Morgan fingerprint density at radius 2 is 1.31 bits per heavy atom. The summed E-state index contributed by atoms with van der Waals surface area (Å²) in [7, 11) is 0. The monoisotopic (exact) mass is 385 g/mol. The number of benzene rings is 3. The van der Waals surface area contributed by atoms with Gasteiger partial charge in [-0.1, -0.05) is 48.5 Å². The molecule has 4 nitrogen and oxygen atoms in total. The lowest BCUT2D eigenvalue weighted by Crippen LogP contribution is -2.06. The summed E-state index contributed by atoms with van der Waals surface area (Å²) in [6.07, 6.45) is 1.01. The van der Waals surface area contributed by atoms with Crippen LogP contribution in [0.4, 0.5) is 0 Å². The molecular formula is C25H23NO3. The molecule has 29 heavy (non-hydrogen) atoms. The van der Waals surface area contributed by atoms with E-state index < -0.39 is 0 Å². The zero-order valence-electron chi connectivity index (χ0n) is 16.4. The van der Waals surface area contributed by atoms with Crippen molar-refractivity contribution in [3.63, 3.8) is 0 Å². The summed E-state index contributed by atoms with van der Waals surface area (Å²) in [5.74, 6) is 0.600. The molecule has 0 radical (unpaired) electrons. The van der Waals surface area contributed by atoms with E-state index in [1.165, 1.54) is 0 Å². The van der Waals surface area contributed by atoms with Gasteiger partial charge in [0.05, 0.1) is 24.8 Å². The average Bonchev–Trinajstić information content (AvgIpc) is 2.78. The highest BCUT2D eigenvalue weighted by Crippen LogP contribution is 2.26. The van der Waals surface area contributed by atoms with E-state index in [4.69, 9.17) is 14.7 Å². The largest absolute Gasteiger partial charge is 0.494 e. The molecule has 146 valence electrons. The minimum atomic E-state index is -0.184. The summed E-state index contributed by atoms with van der Waals surface area (Å²) in [5.41, 5.74) is 5.09. The zero-order valence-corrected chi connectivity index (χ0v) is 16.4. The predicted molar refractivity (Wildman–Crippen MR) is 113 cm³/mol. The van der Waals surface area contributed by atoms with Gasteiger partial charge in [-0.15, -0.1) is 0 Å². The van der Waals surface area contributed by atoms with Crippen LogP contribution in [0.5, 0.6) is 5.75 Å². The Hall–Kier alpha value is -3.58. The number of ether oxygens (including phenoxy) is 2. The molecule has 0 bridgehead atoms. The first-order valence-electron chi connectivity index (χ1n) is 9.69. The third-order valence-electron chi connectivity index (χ3n) is 4.52. The molecule has 0 saturated carbocycles. The molecule has 0 N–H and O–H groups in total. The molecule has 0 aliphatic heterocycles. The molecule has 0 saturated heterocycles. The van der Waals surface area contributed by atoms with E-state index in [2.05, 4.69) is 30.3 Å². The molecule has 0 spiro atoms. The highest BCUT2D eigenvalue weighted by Gasteiger charge is 2.04. The molecule has 0 unspecified atom stereocenters. The Morgan fingerprint density at radius 3 is 1.79 bits per heavy atom. The molecule has 0 heterocycles. The molecule has 0 amide bonds. The molecule has 0 aromatic heterocycles. The third-order valence-corrected chi connectivity index (χ3v) is 4.52.